The molecule has 2 aromatic rings. The second-order valence-electron chi connectivity index (χ2n) is 3.43. The second-order valence-corrected chi connectivity index (χ2v) is 4.28. The summed E-state index contributed by atoms with van der Waals surface area (Å²) >= 11 is 3.28. The Labute approximate surface area is 107 Å². The summed E-state index contributed by atoms with van der Waals surface area (Å²) in [5, 5.41) is 2.76. The van der Waals surface area contributed by atoms with Crippen LogP contribution in [0.5, 0.6) is 0 Å². The van der Waals surface area contributed by atoms with Crippen molar-refractivity contribution in [3.8, 4) is 0 Å². The molecular weight excluding hydrogens is 282 g/mol. The molecule has 0 aliphatic heterocycles. The molecule has 17 heavy (non-hydrogen) atoms. The van der Waals surface area contributed by atoms with Crippen LogP contribution in [0.3, 0.4) is 0 Å². The number of carbonyl (C=O) groups is 1. The number of anilines is 2. The number of benzene rings is 1. The number of aromatic nitrogens is 1. The van der Waals surface area contributed by atoms with Crippen molar-refractivity contribution in [1.29, 1.82) is 0 Å². The van der Waals surface area contributed by atoms with Crippen molar-refractivity contribution in [2.45, 2.75) is 0 Å². The minimum atomic E-state index is -0.183. The topological polar surface area (TPSA) is 68.0 Å². The van der Waals surface area contributed by atoms with E-state index < -0.39 is 0 Å². The van der Waals surface area contributed by atoms with Gasteiger partial charge in [-0.1, -0.05) is 0 Å². The van der Waals surface area contributed by atoms with E-state index in [1.165, 1.54) is 0 Å². The van der Waals surface area contributed by atoms with Crippen LogP contribution in [0.4, 0.5) is 11.4 Å². The third kappa shape index (κ3) is 2.82. The average Bonchev–Trinajstić information content (AvgIpc) is 2.34. The van der Waals surface area contributed by atoms with E-state index in [0.29, 0.717) is 21.4 Å². The second kappa shape index (κ2) is 4.97. The fourth-order valence-corrected chi connectivity index (χ4v) is 1.69. The first-order valence-corrected chi connectivity index (χ1v) is 5.72. The van der Waals surface area contributed by atoms with Gasteiger partial charge in [-0.15, -0.1) is 0 Å². The highest BCUT2D eigenvalue weighted by Gasteiger charge is 2.07. The molecule has 86 valence electrons. The zero-order valence-corrected chi connectivity index (χ0v) is 10.4. The van der Waals surface area contributed by atoms with Crippen LogP contribution in [0.1, 0.15) is 10.4 Å². The Morgan fingerprint density at radius 1 is 1.24 bits per heavy atom. The maximum absolute atomic E-state index is 11.9. The van der Waals surface area contributed by atoms with Gasteiger partial charge in [-0.05, 0) is 46.3 Å². The quantitative estimate of drug-likeness (QED) is 0.836. The van der Waals surface area contributed by atoms with Gasteiger partial charge in [0.05, 0.1) is 0 Å². The van der Waals surface area contributed by atoms with Gasteiger partial charge in [0.15, 0.2) is 0 Å². The molecule has 0 bridgehead atoms. The van der Waals surface area contributed by atoms with Crippen LogP contribution in [0, 0.1) is 0 Å². The lowest BCUT2D eigenvalue weighted by molar-refractivity contribution is 0.102. The maximum Gasteiger partial charge on any atom is 0.255 e. The number of amides is 1. The van der Waals surface area contributed by atoms with Gasteiger partial charge in [0.25, 0.3) is 5.91 Å². The summed E-state index contributed by atoms with van der Waals surface area (Å²) in [4.78, 5) is 15.8. The molecule has 0 unspecified atom stereocenters. The highest BCUT2D eigenvalue weighted by atomic mass is 79.9. The molecule has 0 radical (unpaired) electrons. The van der Waals surface area contributed by atoms with Crippen LogP contribution in [-0.2, 0) is 0 Å². The molecule has 0 aliphatic rings. The standard InChI is InChI=1S/C12H10BrN3O/c13-10-7-8(1-2-11(10)14)12(17)16-9-3-5-15-6-4-9/h1-7H,14H2,(H,15,16,17). The van der Waals surface area contributed by atoms with Gasteiger partial charge in [-0.3, -0.25) is 9.78 Å². The normalized spacial score (nSPS) is 9.94. The SMILES string of the molecule is Nc1ccc(C(=O)Nc2ccncc2)cc1Br. The molecule has 1 amide bonds. The molecule has 0 saturated heterocycles. The first-order chi connectivity index (χ1) is 8.16. The van der Waals surface area contributed by atoms with E-state index in [4.69, 9.17) is 5.73 Å². The summed E-state index contributed by atoms with van der Waals surface area (Å²) in [6.45, 7) is 0. The molecule has 2 rings (SSSR count). The highest BCUT2D eigenvalue weighted by Crippen LogP contribution is 2.21. The molecule has 0 fully saturated rings. The first kappa shape index (κ1) is 11.6. The van der Waals surface area contributed by atoms with Crippen molar-refractivity contribution in [2.24, 2.45) is 0 Å². The lowest BCUT2D eigenvalue weighted by Crippen LogP contribution is -2.11. The van der Waals surface area contributed by atoms with Crippen molar-refractivity contribution >= 4 is 33.2 Å². The van der Waals surface area contributed by atoms with Crippen LogP contribution in [-0.4, -0.2) is 10.9 Å². The number of hydrogen-bond acceptors (Lipinski definition) is 3. The van der Waals surface area contributed by atoms with Gasteiger partial charge < -0.3 is 11.1 Å². The Morgan fingerprint density at radius 3 is 2.59 bits per heavy atom. The largest absolute Gasteiger partial charge is 0.398 e. The Hall–Kier alpha value is -1.88. The molecule has 0 atom stereocenters. The average molecular weight is 292 g/mol. The lowest BCUT2D eigenvalue weighted by atomic mass is 10.2. The number of pyridine rings is 1. The number of nitrogens with two attached hydrogens (primary N) is 1. The van der Waals surface area contributed by atoms with Crippen molar-refractivity contribution in [2.75, 3.05) is 11.1 Å². The van der Waals surface area contributed by atoms with E-state index in [-0.39, 0.29) is 5.91 Å². The van der Waals surface area contributed by atoms with Crippen molar-refractivity contribution in [3.63, 3.8) is 0 Å². The molecule has 1 heterocycles. The lowest BCUT2D eigenvalue weighted by Gasteiger charge is -2.06. The van der Waals surface area contributed by atoms with Crippen LogP contribution in [0.15, 0.2) is 47.2 Å². The third-order valence-electron chi connectivity index (χ3n) is 2.20. The zero-order chi connectivity index (χ0) is 12.3. The smallest absolute Gasteiger partial charge is 0.255 e. The molecule has 4 nitrogen and oxygen atoms in total. The predicted molar refractivity (Wildman–Crippen MR) is 70.7 cm³/mol. The van der Waals surface area contributed by atoms with Crippen LogP contribution < -0.4 is 11.1 Å². The Bertz CT molecular complexity index is 543. The number of nitrogen functional groups attached to an aromatic ring is 1. The molecule has 3 N–H and O–H groups in total. The van der Waals surface area contributed by atoms with E-state index in [0.717, 1.165) is 0 Å². The predicted octanol–water partition coefficient (Wildman–Crippen LogP) is 2.68. The van der Waals surface area contributed by atoms with E-state index in [1.807, 2.05) is 0 Å². The summed E-state index contributed by atoms with van der Waals surface area (Å²) in [6, 6.07) is 8.50. The Morgan fingerprint density at radius 2 is 1.94 bits per heavy atom. The molecular formula is C12H10BrN3O. The summed E-state index contributed by atoms with van der Waals surface area (Å²) in [5.74, 6) is -0.183. The number of halogens is 1. The van der Waals surface area contributed by atoms with Crippen molar-refractivity contribution in [1.82, 2.24) is 4.98 Å². The van der Waals surface area contributed by atoms with Crippen LogP contribution in [0.2, 0.25) is 0 Å². The number of nitrogens with zero attached hydrogens (tertiary/aromatic N) is 1. The maximum atomic E-state index is 11.9. The fraction of sp³-hybridized carbons (Fsp3) is 0. The highest BCUT2D eigenvalue weighted by molar-refractivity contribution is 9.10. The fourth-order valence-electron chi connectivity index (χ4n) is 1.31. The monoisotopic (exact) mass is 291 g/mol. The van der Waals surface area contributed by atoms with Gasteiger partial charge in [-0.2, -0.15) is 0 Å². The Kier molecular flexibility index (Phi) is 3.39. The number of nitrogens with one attached hydrogen (secondary N) is 1. The minimum Gasteiger partial charge on any atom is -0.398 e. The van der Waals surface area contributed by atoms with Gasteiger partial charge in [-0.25, -0.2) is 0 Å². The number of carbonyl (C=O) groups excluding carboxylic acids is 1. The van der Waals surface area contributed by atoms with Gasteiger partial charge in [0.1, 0.15) is 0 Å². The summed E-state index contributed by atoms with van der Waals surface area (Å²) in [7, 11) is 0. The summed E-state index contributed by atoms with van der Waals surface area (Å²) in [5.41, 5.74) is 7.51. The van der Waals surface area contributed by atoms with E-state index in [2.05, 4.69) is 26.2 Å². The molecule has 0 aliphatic carbocycles. The van der Waals surface area contributed by atoms with E-state index >= 15 is 0 Å². The zero-order valence-electron chi connectivity index (χ0n) is 8.85. The van der Waals surface area contributed by atoms with Gasteiger partial charge in [0.2, 0.25) is 0 Å². The van der Waals surface area contributed by atoms with E-state index in [1.54, 1.807) is 42.7 Å². The van der Waals surface area contributed by atoms with Crippen LogP contribution in [0.25, 0.3) is 0 Å². The molecule has 1 aromatic carbocycles. The number of rotatable bonds is 2. The molecule has 5 heteroatoms. The summed E-state index contributed by atoms with van der Waals surface area (Å²) in [6.07, 6.45) is 3.24. The first-order valence-electron chi connectivity index (χ1n) is 4.93. The van der Waals surface area contributed by atoms with Gasteiger partial charge in [0, 0.05) is 33.8 Å². The van der Waals surface area contributed by atoms with Crippen molar-refractivity contribution in [3.05, 3.63) is 52.8 Å². The summed E-state index contributed by atoms with van der Waals surface area (Å²) < 4.78 is 0.708. The number of hydrogen-bond donors (Lipinski definition) is 2. The molecule has 0 spiro atoms. The van der Waals surface area contributed by atoms with E-state index in [9.17, 15) is 4.79 Å². The Balaban J connectivity index is 2.18. The van der Waals surface area contributed by atoms with Gasteiger partial charge >= 0.3 is 0 Å². The van der Waals surface area contributed by atoms with Crippen molar-refractivity contribution < 1.29 is 4.79 Å². The minimum absolute atomic E-state index is 0.183. The molecule has 0 saturated carbocycles. The molecule has 1 aromatic heterocycles. The third-order valence-corrected chi connectivity index (χ3v) is 2.89. The van der Waals surface area contributed by atoms with Crippen LogP contribution >= 0.6 is 15.9 Å².